The van der Waals surface area contributed by atoms with Gasteiger partial charge in [-0.25, -0.2) is 0 Å². The van der Waals surface area contributed by atoms with E-state index in [-0.39, 0.29) is 0 Å². The van der Waals surface area contributed by atoms with Gasteiger partial charge in [-0.15, -0.1) is 0 Å². The number of likely N-dealkylation sites (tertiary alicyclic amines) is 2. The van der Waals surface area contributed by atoms with Crippen LogP contribution in [0.1, 0.15) is 67.2 Å². The minimum atomic E-state index is 0.345. The first-order valence-corrected chi connectivity index (χ1v) is 9.13. The van der Waals surface area contributed by atoms with Crippen molar-refractivity contribution in [2.45, 2.75) is 72.8 Å². The summed E-state index contributed by atoms with van der Waals surface area (Å²) in [5.74, 6) is 1.82. The molecule has 2 nitrogen and oxygen atoms in total. The van der Waals surface area contributed by atoms with Crippen LogP contribution in [0.2, 0.25) is 0 Å². The van der Waals surface area contributed by atoms with Crippen molar-refractivity contribution >= 4 is 0 Å². The van der Waals surface area contributed by atoms with Crippen molar-refractivity contribution in [2.75, 3.05) is 32.7 Å². The van der Waals surface area contributed by atoms with E-state index in [9.17, 15) is 0 Å². The Bertz CT molecular complexity index is 315. The molecule has 2 heterocycles. The van der Waals surface area contributed by atoms with Crippen LogP contribution in [0.5, 0.6) is 0 Å². The number of nitrogens with zero attached hydrogens (tertiary/aromatic N) is 2. The second-order valence-corrected chi connectivity index (χ2v) is 9.57. The van der Waals surface area contributed by atoms with Crippen molar-refractivity contribution in [2.24, 2.45) is 17.3 Å². The Labute approximate surface area is 133 Å². The summed E-state index contributed by atoms with van der Waals surface area (Å²) in [6, 6.07) is 0. The predicted octanol–water partition coefficient (Wildman–Crippen LogP) is 4.26. The molecule has 0 amide bonds. The van der Waals surface area contributed by atoms with Gasteiger partial charge in [-0.3, -0.25) is 4.90 Å². The first-order valence-electron chi connectivity index (χ1n) is 9.13. The van der Waals surface area contributed by atoms with E-state index in [0.717, 1.165) is 11.8 Å². The van der Waals surface area contributed by atoms with Crippen LogP contribution in [0, 0.1) is 17.3 Å². The van der Waals surface area contributed by atoms with Gasteiger partial charge in [0.15, 0.2) is 0 Å². The van der Waals surface area contributed by atoms with Crippen LogP contribution >= 0.6 is 0 Å². The normalized spacial score (nSPS) is 28.0. The zero-order valence-electron chi connectivity index (χ0n) is 15.4. The maximum absolute atomic E-state index is 2.75. The monoisotopic (exact) mass is 294 g/mol. The van der Waals surface area contributed by atoms with E-state index < -0.39 is 0 Å². The highest BCUT2D eigenvalue weighted by molar-refractivity contribution is 4.86. The van der Waals surface area contributed by atoms with E-state index in [1.54, 1.807) is 0 Å². The molecule has 0 aromatic carbocycles. The molecule has 2 saturated heterocycles. The molecule has 0 aliphatic carbocycles. The van der Waals surface area contributed by atoms with Crippen molar-refractivity contribution in [1.82, 2.24) is 9.80 Å². The number of hydrogen-bond donors (Lipinski definition) is 0. The molecule has 0 unspecified atom stereocenters. The van der Waals surface area contributed by atoms with Gasteiger partial charge in [0.25, 0.3) is 0 Å². The molecule has 2 fully saturated rings. The average molecular weight is 295 g/mol. The Morgan fingerprint density at radius 2 is 1.48 bits per heavy atom. The topological polar surface area (TPSA) is 6.48 Å². The average Bonchev–Trinajstić information content (AvgIpc) is 2.37. The van der Waals surface area contributed by atoms with E-state index in [4.69, 9.17) is 0 Å². The second kappa shape index (κ2) is 6.58. The quantitative estimate of drug-likeness (QED) is 0.751. The van der Waals surface area contributed by atoms with E-state index in [0.29, 0.717) is 11.0 Å². The Kier molecular flexibility index (Phi) is 5.41. The highest BCUT2D eigenvalue weighted by Gasteiger charge is 2.32. The van der Waals surface area contributed by atoms with Crippen LogP contribution in [-0.4, -0.2) is 48.1 Å². The first kappa shape index (κ1) is 17.3. The van der Waals surface area contributed by atoms with Crippen LogP contribution in [0.15, 0.2) is 0 Å². The molecule has 0 N–H and O–H groups in total. The van der Waals surface area contributed by atoms with Gasteiger partial charge in [0.1, 0.15) is 0 Å². The largest absolute Gasteiger partial charge is 0.303 e. The van der Waals surface area contributed by atoms with Gasteiger partial charge in [0.2, 0.25) is 0 Å². The zero-order chi connectivity index (χ0) is 15.7. The van der Waals surface area contributed by atoms with Gasteiger partial charge in [-0.2, -0.15) is 0 Å². The standard InChI is InChI=1S/C19H38N2/c1-18(2,3)17-9-12-20(13-10-17)14-16-8-7-11-21(15-16)19(4,5)6/h16-17H,7-15H2,1-6H3/t16-/m0/s1. The summed E-state index contributed by atoms with van der Waals surface area (Å²) in [5.41, 5.74) is 0.845. The Morgan fingerprint density at radius 1 is 0.857 bits per heavy atom. The molecule has 124 valence electrons. The molecular formula is C19H38N2. The lowest BCUT2D eigenvalue weighted by Gasteiger charge is -2.44. The van der Waals surface area contributed by atoms with Crippen LogP contribution in [-0.2, 0) is 0 Å². The second-order valence-electron chi connectivity index (χ2n) is 9.57. The molecule has 21 heavy (non-hydrogen) atoms. The lowest BCUT2D eigenvalue weighted by molar-refractivity contribution is 0.0481. The highest BCUT2D eigenvalue weighted by Crippen LogP contribution is 2.34. The van der Waals surface area contributed by atoms with Gasteiger partial charge >= 0.3 is 0 Å². The van der Waals surface area contributed by atoms with Crippen molar-refractivity contribution in [1.29, 1.82) is 0 Å². The van der Waals surface area contributed by atoms with Crippen LogP contribution in [0.4, 0.5) is 0 Å². The molecule has 0 saturated carbocycles. The number of rotatable bonds is 2. The molecule has 0 aromatic rings. The van der Waals surface area contributed by atoms with E-state index >= 15 is 0 Å². The molecule has 0 radical (unpaired) electrons. The predicted molar refractivity (Wildman–Crippen MR) is 92.7 cm³/mol. The number of hydrogen-bond acceptors (Lipinski definition) is 2. The maximum Gasteiger partial charge on any atom is 0.0125 e. The SMILES string of the molecule is CC(C)(C)C1CCN(C[C@@H]2CCCN(C(C)(C)C)C2)CC1. The fourth-order valence-electron chi connectivity index (χ4n) is 4.17. The lowest BCUT2D eigenvalue weighted by atomic mass is 9.75. The van der Waals surface area contributed by atoms with Crippen molar-refractivity contribution in [3.63, 3.8) is 0 Å². The molecular weight excluding hydrogens is 256 g/mol. The summed E-state index contributed by atoms with van der Waals surface area (Å²) in [7, 11) is 0. The van der Waals surface area contributed by atoms with Gasteiger partial charge < -0.3 is 4.90 Å². The molecule has 2 aliphatic rings. The van der Waals surface area contributed by atoms with Gasteiger partial charge in [-0.1, -0.05) is 20.8 Å². The van der Waals surface area contributed by atoms with Gasteiger partial charge in [0, 0.05) is 18.6 Å². The number of piperidine rings is 2. The first-order chi connectivity index (χ1) is 9.66. The van der Waals surface area contributed by atoms with E-state index in [2.05, 4.69) is 51.3 Å². The molecule has 1 atom stereocenters. The van der Waals surface area contributed by atoms with E-state index in [1.165, 1.54) is 58.4 Å². The minimum absolute atomic E-state index is 0.345. The molecule has 0 spiro atoms. The van der Waals surface area contributed by atoms with E-state index in [1.807, 2.05) is 0 Å². The van der Waals surface area contributed by atoms with Crippen molar-refractivity contribution in [3.05, 3.63) is 0 Å². The third kappa shape index (κ3) is 4.96. The third-order valence-electron chi connectivity index (χ3n) is 5.80. The summed E-state index contributed by atoms with van der Waals surface area (Å²) in [4.78, 5) is 5.45. The molecule has 2 heteroatoms. The molecule has 0 aromatic heterocycles. The van der Waals surface area contributed by atoms with Crippen LogP contribution in [0.25, 0.3) is 0 Å². The van der Waals surface area contributed by atoms with Gasteiger partial charge in [-0.05, 0) is 83.3 Å². The smallest absolute Gasteiger partial charge is 0.0125 e. The lowest BCUT2D eigenvalue weighted by Crippen LogP contribution is -2.50. The Morgan fingerprint density at radius 3 is 2.00 bits per heavy atom. The summed E-state index contributed by atoms with van der Waals surface area (Å²) in [6.45, 7) is 20.9. The molecule has 2 rings (SSSR count). The minimum Gasteiger partial charge on any atom is -0.303 e. The van der Waals surface area contributed by atoms with Crippen molar-refractivity contribution < 1.29 is 0 Å². The van der Waals surface area contributed by atoms with Crippen molar-refractivity contribution in [3.8, 4) is 0 Å². The Balaban J connectivity index is 1.78. The fraction of sp³-hybridized carbons (Fsp3) is 1.00. The molecule has 2 aliphatic heterocycles. The summed E-state index contributed by atoms with van der Waals surface area (Å²) >= 11 is 0. The summed E-state index contributed by atoms with van der Waals surface area (Å²) in [5, 5.41) is 0. The highest BCUT2D eigenvalue weighted by atomic mass is 15.2. The van der Waals surface area contributed by atoms with Crippen LogP contribution < -0.4 is 0 Å². The maximum atomic E-state index is 2.75. The van der Waals surface area contributed by atoms with Gasteiger partial charge in [0.05, 0.1) is 0 Å². The third-order valence-corrected chi connectivity index (χ3v) is 5.80. The molecule has 0 bridgehead atoms. The fourth-order valence-corrected chi connectivity index (χ4v) is 4.17. The van der Waals surface area contributed by atoms with Crippen LogP contribution in [0.3, 0.4) is 0 Å². The zero-order valence-corrected chi connectivity index (χ0v) is 15.4. The Hall–Kier alpha value is -0.0800. The summed E-state index contributed by atoms with van der Waals surface area (Å²) < 4.78 is 0. The summed E-state index contributed by atoms with van der Waals surface area (Å²) in [6.07, 6.45) is 5.63.